The average Bonchev–Trinajstić information content (AvgIpc) is 2.52. The molecule has 1 heterocycles. The first kappa shape index (κ1) is 17.0. The Balaban J connectivity index is 1.88. The van der Waals surface area contributed by atoms with Crippen molar-refractivity contribution in [3.05, 3.63) is 24.3 Å². The van der Waals surface area contributed by atoms with Crippen molar-refractivity contribution in [3.8, 4) is 0 Å². The number of nitrogens with one attached hydrogen (secondary N) is 1. The number of carboxylic acid groups (broad SMARTS) is 1. The van der Waals surface area contributed by atoms with Gasteiger partial charge in [0.05, 0.1) is 0 Å². The molecule has 1 saturated heterocycles. The van der Waals surface area contributed by atoms with Crippen molar-refractivity contribution in [2.75, 3.05) is 16.8 Å². The molecule has 0 unspecified atom stereocenters. The van der Waals surface area contributed by atoms with Gasteiger partial charge < -0.3 is 15.3 Å². The number of amides is 2. The third-order valence-corrected chi connectivity index (χ3v) is 3.81. The highest BCUT2D eigenvalue weighted by molar-refractivity contribution is 5.96. The Hall–Kier alpha value is -2.37. The summed E-state index contributed by atoms with van der Waals surface area (Å²) < 4.78 is 0. The second kappa shape index (κ2) is 8.31. The van der Waals surface area contributed by atoms with Crippen LogP contribution in [0.15, 0.2) is 24.3 Å². The molecule has 0 radical (unpaired) electrons. The highest BCUT2D eigenvalue weighted by Gasteiger charge is 2.19. The number of nitrogens with zero attached hydrogens (tertiary/aromatic N) is 1. The molecule has 23 heavy (non-hydrogen) atoms. The summed E-state index contributed by atoms with van der Waals surface area (Å²) in [7, 11) is 0. The highest BCUT2D eigenvalue weighted by Crippen LogP contribution is 2.24. The van der Waals surface area contributed by atoms with Crippen molar-refractivity contribution in [3.63, 3.8) is 0 Å². The lowest BCUT2D eigenvalue weighted by atomic mass is 10.1. The van der Waals surface area contributed by atoms with Crippen LogP contribution in [0.25, 0.3) is 0 Å². The zero-order chi connectivity index (χ0) is 16.7. The van der Waals surface area contributed by atoms with E-state index in [0.29, 0.717) is 37.9 Å². The number of benzene rings is 1. The summed E-state index contributed by atoms with van der Waals surface area (Å²) in [5.74, 6) is -0.866. The summed E-state index contributed by atoms with van der Waals surface area (Å²) >= 11 is 0. The van der Waals surface area contributed by atoms with Crippen molar-refractivity contribution < 1.29 is 19.5 Å². The Bertz CT molecular complexity index is 586. The first-order valence-electron chi connectivity index (χ1n) is 7.98. The van der Waals surface area contributed by atoms with Crippen molar-refractivity contribution in [2.24, 2.45) is 0 Å². The molecule has 1 fully saturated rings. The van der Waals surface area contributed by atoms with Gasteiger partial charge in [-0.25, -0.2) is 0 Å². The monoisotopic (exact) mass is 318 g/mol. The van der Waals surface area contributed by atoms with Gasteiger partial charge in [0.1, 0.15) is 0 Å². The first-order chi connectivity index (χ1) is 11.1. The maximum absolute atomic E-state index is 11.9. The van der Waals surface area contributed by atoms with E-state index in [9.17, 15) is 14.4 Å². The van der Waals surface area contributed by atoms with E-state index >= 15 is 0 Å². The van der Waals surface area contributed by atoms with Crippen LogP contribution in [0.3, 0.4) is 0 Å². The number of carboxylic acids is 1. The molecule has 1 aliphatic heterocycles. The van der Waals surface area contributed by atoms with E-state index < -0.39 is 5.97 Å². The fourth-order valence-corrected chi connectivity index (χ4v) is 2.62. The van der Waals surface area contributed by atoms with Gasteiger partial charge in [-0.1, -0.05) is 6.07 Å². The van der Waals surface area contributed by atoms with Gasteiger partial charge in [-0.15, -0.1) is 0 Å². The molecule has 6 heteroatoms. The number of hydrogen-bond acceptors (Lipinski definition) is 3. The highest BCUT2D eigenvalue weighted by atomic mass is 16.4. The lowest BCUT2D eigenvalue weighted by molar-refractivity contribution is -0.137. The minimum Gasteiger partial charge on any atom is -0.481 e. The van der Waals surface area contributed by atoms with Crippen LogP contribution in [0.1, 0.15) is 44.9 Å². The summed E-state index contributed by atoms with van der Waals surface area (Å²) in [5, 5.41) is 11.4. The van der Waals surface area contributed by atoms with Crippen LogP contribution in [-0.2, 0) is 14.4 Å². The zero-order valence-corrected chi connectivity index (χ0v) is 13.1. The van der Waals surface area contributed by atoms with Crippen LogP contribution < -0.4 is 10.2 Å². The normalized spacial score (nSPS) is 14.6. The number of anilines is 2. The average molecular weight is 318 g/mol. The van der Waals surface area contributed by atoms with Crippen LogP contribution in [0.2, 0.25) is 0 Å². The number of hydrogen-bond donors (Lipinski definition) is 2. The Labute approximate surface area is 135 Å². The van der Waals surface area contributed by atoms with E-state index in [4.69, 9.17) is 5.11 Å². The lowest BCUT2D eigenvalue weighted by Gasteiger charge is -2.27. The predicted molar refractivity (Wildman–Crippen MR) is 87.4 cm³/mol. The summed E-state index contributed by atoms with van der Waals surface area (Å²) in [6, 6.07) is 7.27. The van der Waals surface area contributed by atoms with Crippen LogP contribution in [-0.4, -0.2) is 29.4 Å². The van der Waals surface area contributed by atoms with E-state index in [1.54, 1.807) is 17.0 Å². The van der Waals surface area contributed by atoms with Gasteiger partial charge in [0, 0.05) is 37.2 Å². The molecule has 2 rings (SSSR count). The molecular formula is C17H22N2O4. The summed E-state index contributed by atoms with van der Waals surface area (Å²) in [4.78, 5) is 36.0. The third kappa shape index (κ3) is 5.39. The Morgan fingerprint density at radius 2 is 1.96 bits per heavy atom. The molecule has 0 bridgehead atoms. The molecule has 1 aliphatic rings. The molecule has 2 N–H and O–H groups in total. The number of unbranched alkanes of at least 4 members (excludes halogenated alkanes) is 1. The Kier molecular flexibility index (Phi) is 6.14. The van der Waals surface area contributed by atoms with Gasteiger partial charge in [-0.2, -0.15) is 0 Å². The fourth-order valence-electron chi connectivity index (χ4n) is 2.62. The summed E-state index contributed by atoms with van der Waals surface area (Å²) in [5.41, 5.74) is 1.46. The molecular weight excluding hydrogens is 296 g/mol. The van der Waals surface area contributed by atoms with Gasteiger partial charge in [0.15, 0.2) is 0 Å². The number of rotatable bonds is 7. The number of aliphatic carboxylic acids is 1. The van der Waals surface area contributed by atoms with E-state index in [2.05, 4.69) is 5.32 Å². The summed E-state index contributed by atoms with van der Waals surface area (Å²) in [6.45, 7) is 0.714. The maximum Gasteiger partial charge on any atom is 0.303 e. The third-order valence-electron chi connectivity index (χ3n) is 3.81. The fraction of sp³-hybridized carbons (Fsp3) is 0.471. The molecule has 1 aromatic rings. The van der Waals surface area contributed by atoms with E-state index in [1.165, 1.54) is 0 Å². The number of piperidine rings is 1. The maximum atomic E-state index is 11.9. The van der Waals surface area contributed by atoms with Crippen LogP contribution in [0.4, 0.5) is 11.4 Å². The van der Waals surface area contributed by atoms with E-state index in [0.717, 1.165) is 18.5 Å². The molecule has 0 aromatic heterocycles. The molecule has 0 atom stereocenters. The minimum atomic E-state index is -0.843. The van der Waals surface area contributed by atoms with E-state index in [1.807, 2.05) is 12.1 Å². The molecule has 0 aliphatic carbocycles. The SMILES string of the molecule is O=C(O)CCCCC(=O)Nc1cccc(N2CCCCC2=O)c1. The van der Waals surface area contributed by atoms with Crippen LogP contribution in [0.5, 0.6) is 0 Å². The molecule has 1 aromatic carbocycles. The second-order valence-electron chi connectivity index (χ2n) is 5.70. The lowest BCUT2D eigenvalue weighted by Crippen LogP contribution is -2.35. The first-order valence-corrected chi connectivity index (χ1v) is 7.98. The molecule has 6 nitrogen and oxygen atoms in total. The van der Waals surface area contributed by atoms with Gasteiger partial charge in [-0.05, 0) is 43.9 Å². The molecule has 2 amide bonds. The van der Waals surface area contributed by atoms with Crippen LogP contribution in [0, 0.1) is 0 Å². The van der Waals surface area contributed by atoms with Crippen molar-refractivity contribution in [1.29, 1.82) is 0 Å². The van der Waals surface area contributed by atoms with E-state index in [-0.39, 0.29) is 18.2 Å². The Morgan fingerprint density at radius 1 is 1.17 bits per heavy atom. The largest absolute Gasteiger partial charge is 0.481 e. The van der Waals surface area contributed by atoms with Crippen molar-refractivity contribution in [1.82, 2.24) is 0 Å². The van der Waals surface area contributed by atoms with Crippen molar-refractivity contribution >= 4 is 29.2 Å². The van der Waals surface area contributed by atoms with Crippen molar-refractivity contribution in [2.45, 2.75) is 44.9 Å². The molecule has 124 valence electrons. The van der Waals surface area contributed by atoms with Gasteiger partial charge >= 0.3 is 5.97 Å². The smallest absolute Gasteiger partial charge is 0.303 e. The standard InChI is InChI=1S/C17H22N2O4/c20-15(8-1-2-10-17(22)23)18-13-6-5-7-14(12-13)19-11-4-3-9-16(19)21/h5-7,12H,1-4,8-11H2,(H,18,20)(H,22,23). The Morgan fingerprint density at radius 3 is 2.70 bits per heavy atom. The van der Waals surface area contributed by atoms with Crippen LogP contribution >= 0.6 is 0 Å². The quantitative estimate of drug-likeness (QED) is 0.757. The van der Waals surface area contributed by atoms with Gasteiger partial charge in [-0.3, -0.25) is 14.4 Å². The topological polar surface area (TPSA) is 86.7 Å². The minimum absolute atomic E-state index is 0.0832. The summed E-state index contributed by atoms with van der Waals surface area (Å²) in [6.07, 6.45) is 3.90. The second-order valence-corrected chi connectivity index (χ2v) is 5.70. The van der Waals surface area contributed by atoms with Gasteiger partial charge in [0.2, 0.25) is 11.8 Å². The molecule has 0 saturated carbocycles. The number of carbonyl (C=O) groups is 3. The van der Waals surface area contributed by atoms with Gasteiger partial charge in [0.25, 0.3) is 0 Å². The molecule has 0 spiro atoms. The zero-order valence-electron chi connectivity index (χ0n) is 13.1. The number of carbonyl (C=O) groups excluding carboxylic acids is 2. The predicted octanol–water partition coefficient (Wildman–Crippen LogP) is 2.79.